The van der Waals surface area contributed by atoms with E-state index in [1.54, 1.807) is 25.2 Å². The lowest BCUT2D eigenvalue weighted by Gasteiger charge is -2.14. The molecule has 8 nitrogen and oxygen atoms in total. The number of carbonyl (C=O) groups is 1. The van der Waals surface area contributed by atoms with E-state index in [0.717, 1.165) is 30.0 Å². The number of nitrogens with two attached hydrogens (primary N) is 1. The summed E-state index contributed by atoms with van der Waals surface area (Å²) in [7, 11) is -1.67. The maximum atomic E-state index is 13.6. The molecule has 1 heterocycles. The Balaban J connectivity index is 2.00. The molecule has 0 bridgehead atoms. The van der Waals surface area contributed by atoms with Crippen molar-refractivity contribution in [3.63, 3.8) is 0 Å². The van der Waals surface area contributed by atoms with Gasteiger partial charge in [0.2, 0.25) is 0 Å². The predicted molar refractivity (Wildman–Crippen MR) is 118 cm³/mol. The number of halogens is 1. The monoisotopic (exact) mass is 459 g/mol. The molecule has 168 valence electrons. The van der Waals surface area contributed by atoms with Gasteiger partial charge >= 0.3 is 5.97 Å². The third-order valence-electron chi connectivity index (χ3n) is 4.75. The predicted octanol–water partition coefficient (Wildman–Crippen LogP) is 2.87. The quantitative estimate of drug-likeness (QED) is 0.469. The number of aromatic nitrogens is 1. The zero-order valence-corrected chi connectivity index (χ0v) is 18.2. The molecule has 0 saturated heterocycles. The highest BCUT2D eigenvalue weighted by Gasteiger charge is 2.16. The molecule has 32 heavy (non-hydrogen) atoms. The summed E-state index contributed by atoms with van der Waals surface area (Å²) in [6.07, 6.45) is 2.62. The molecular formula is C22H22FN3O5S. The Bertz CT molecular complexity index is 1280. The van der Waals surface area contributed by atoms with E-state index in [2.05, 4.69) is 10.3 Å². The molecule has 0 saturated carbocycles. The normalized spacial score (nSPS) is 11.3. The number of anilines is 1. The maximum absolute atomic E-state index is 13.6. The summed E-state index contributed by atoms with van der Waals surface area (Å²) in [4.78, 5) is 15.7. The second-order valence-electron chi connectivity index (χ2n) is 7.12. The molecule has 0 aliphatic carbocycles. The number of hydrogen-bond acceptors (Lipinski definition) is 7. The molecule has 10 heteroatoms. The third kappa shape index (κ3) is 5.21. The lowest BCUT2D eigenvalue weighted by atomic mass is 10.0. The number of carboxylic acid groups (broad SMARTS) is 1. The number of ether oxygens (including phenoxy) is 1. The average Bonchev–Trinajstić information content (AvgIpc) is 2.73. The van der Waals surface area contributed by atoms with Gasteiger partial charge in [-0.3, -0.25) is 0 Å². The number of nitrogens with zero attached hydrogens (tertiary/aromatic N) is 1. The molecule has 3 rings (SSSR count). The molecule has 0 aliphatic rings. The highest BCUT2D eigenvalue weighted by molar-refractivity contribution is 7.90. The van der Waals surface area contributed by atoms with E-state index < -0.39 is 21.6 Å². The Hall–Kier alpha value is -3.50. The Morgan fingerprint density at radius 3 is 2.59 bits per heavy atom. The lowest BCUT2D eigenvalue weighted by Crippen LogP contribution is -2.09. The van der Waals surface area contributed by atoms with Gasteiger partial charge in [-0.15, -0.1) is 0 Å². The summed E-state index contributed by atoms with van der Waals surface area (Å²) >= 11 is 0. The van der Waals surface area contributed by atoms with E-state index >= 15 is 0 Å². The van der Waals surface area contributed by atoms with Crippen molar-refractivity contribution in [3.8, 4) is 16.9 Å². The van der Waals surface area contributed by atoms with Crippen LogP contribution in [0.2, 0.25) is 0 Å². The zero-order valence-electron chi connectivity index (χ0n) is 17.4. The number of rotatable bonds is 8. The fourth-order valence-corrected chi connectivity index (χ4v) is 3.81. The van der Waals surface area contributed by atoms with Crippen LogP contribution in [0, 0.1) is 5.82 Å². The van der Waals surface area contributed by atoms with Gasteiger partial charge in [0.05, 0.1) is 10.5 Å². The molecule has 0 spiro atoms. The van der Waals surface area contributed by atoms with Crippen molar-refractivity contribution in [2.75, 3.05) is 19.0 Å². The van der Waals surface area contributed by atoms with Gasteiger partial charge in [-0.1, -0.05) is 6.07 Å². The van der Waals surface area contributed by atoms with Gasteiger partial charge in [0, 0.05) is 30.1 Å². The van der Waals surface area contributed by atoms with Crippen LogP contribution in [0.5, 0.6) is 5.75 Å². The minimum Gasteiger partial charge on any atom is -0.485 e. The number of aromatic carboxylic acids is 1. The van der Waals surface area contributed by atoms with Gasteiger partial charge in [0.25, 0.3) is 0 Å². The first-order valence-corrected chi connectivity index (χ1v) is 11.4. The SMILES string of the molecule is CNCc1ccc(S(C)(=O)=O)cc1-c1cnc(N)c(OCc2cc(F)ccc2C(=O)O)c1. The molecule has 0 atom stereocenters. The molecule has 4 N–H and O–H groups in total. The molecule has 0 radical (unpaired) electrons. The smallest absolute Gasteiger partial charge is 0.336 e. The Labute approximate surface area is 184 Å². The van der Waals surface area contributed by atoms with Crippen molar-refractivity contribution in [2.45, 2.75) is 18.0 Å². The first-order valence-electron chi connectivity index (χ1n) is 9.48. The van der Waals surface area contributed by atoms with Crippen LogP contribution in [0.1, 0.15) is 21.5 Å². The standard InChI is InChI=1S/C22H22FN3O5S/c1-25-10-13-3-5-17(32(2,29)30)9-19(13)14-8-20(21(24)26-11-14)31-12-15-7-16(23)4-6-18(15)22(27)28/h3-9,11,25H,10,12H2,1-2H3,(H2,24,26)(H,27,28). The summed E-state index contributed by atoms with van der Waals surface area (Å²) in [5, 5.41) is 12.3. The van der Waals surface area contributed by atoms with Crippen LogP contribution in [-0.4, -0.2) is 37.8 Å². The highest BCUT2D eigenvalue weighted by atomic mass is 32.2. The first-order chi connectivity index (χ1) is 15.1. The summed E-state index contributed by atoms with van der Waals surface area (Å²) in [5.74, 6) is -1.60. The van der Waals surface area contributed by atoms with E-state index in [1.807, 2.05) is 0 Å². The second kappa shape index (κ2) is 9.33. The van der Waals surface area contributed by atoms with Crippen LogP contribution in [0.4, 0.5) is 10.2 Å². The average molecular weight is 459 g/mol. The van der Waals surface area contributed by atoms with E-state index in [4.69, 9.17) is 10.5 Å². The van der Waals surface area contributed by atoms with Crippen LogP contribution < -0.4 is 15.8 Å². The largest absolute Gasteiger partial charge is 0.485 e. The Morgan fingerprint density at radius 1 is 1.19 bits per heavy atom. The van der Waals surface area contributed by atoms with Crippen molar-refractivity contribution in [1.29, 1.82) is 0 Å². The fourth-order valence-electron chi connectivity index (χ4n) is 3.16. The molecular weight excluding hydrogens is 437 g/mol. The summed E-state index contributed by atoms with van der Waals surface area (Å²) in [5.41, 5.74) is 7.97. The highest BCUT2D eigenvalue weighted by Crippen LogP contribution is 2.32. The molecule has 0 amide bonds. The number of carboxylic acids is 1. The second-order valence-corrected chi connectivity index (χ2v) is 9.14. The van der Waals surface area contributed by atoms with Crippen LogP contribution in [0.15, 0.2) is 53.6 Å². The molecule has 0 aliphatic heterocycles. The van der Waals surface area contributed by atoms with E-state index in [0.29, 0.717) is 17.7 Å². The van der Waals surface area contributed by atoms with Gasteiger partial charge in [-0.2, -0.15) is 0 Å². The van der Waals surface area contributed by atoms with Crippen molar-refractivity contribution in [1.82, 2.24) is 10.3 Å². The Morgan fingerprint density at radius 2 is 1.94 bits per heavy atom. The van der Waals surface area contributed by atoms with Crippen molar-refractivity contribution in [2.24, 2.45) is 0 Å². The van der Waals surface area contributed by atoms with Gasteiger partial charge in [0.1, 0.15) is 12.4 Å². The number of pyridine rings is 1. The number of benzene rings is 2. The van der Waals surface area contributed by atoms with Gasteiger partial charge in [-0.05, 0) is 54.6 Å². The number of hydrogen-bond donors (Lipinski definition) is 3. The first kappa shape index (κ1) is 23.2. The van der Waals surface area contributed by atoms with Gasteiger partial charge in [-0.25, -0.2) is 22.6 Å². The number of nitrogen functional groups attached to an aromatic ring is 1. The summed E-state index contributed by atoms with van der Waals surface area (Å²) < 4.78 is 43.3. The van der Waals surface area contributed by atoms with E-state index in [1.165, 1.54) is 12.3 Å². The van der Waals surface area contributed by atoms with Crippen molar-refractivity contribution < 1.29 is 27.4 Å². The van der Waals surface area contributed by atoms with Crippen LogP contribution in [0.25, 0.3) is 11.1 Å². The maximum Gasteiger partial charge on any atom is 0.336 e. The molecule has 2 aromatic carbocycles. The minimum absolute atomic E-state index is 0.0523. The number of sulfone groups is 1. The molecule has 1 aromatic heterocycles. The summed E-state index contributed by atoms with van der Waals surface area (Å²) in [6, 6.07) is 9.68. The lowest BCUT2D eigenvalue weighted by molar-refractivity contribution is 0.0694. The number of nitrogens with one attached hydrogen (secondary N) is 1. The molecule has 0 fully saturated rings. The van der Waals surface area contributed by atoms with Crippen molar-refractivity contribution in [3.05, 3.63) is 71.2 Å². The minimum atomic E-state index is -3.43. The molecule has 0 unspecified atom stereocenters. The van der Waals surface area contributed by atoms with Gasteiger partial charge < -0.3 is 20.9 Å². The third-order valence-corrected chi connectivity index (χ3v) is 5.86. The molecule has 3 aromatic rings. The van der Waals surface area contributed by atoms with Crippen molar-refractivity contribution >= 4 is 21.6 Å². The van der Waals surface area contributed by atoms with E-state index in [-0.39, 0.29) is 34.2 Å². The van der Waals surface area contributed by atoms with Gasteiger partial charge in [0.15, 0.2) is 21.4 Å². The summed E-state index contributed by atoms with van der Waals surface area (Å²) in [6.45, 7) is 0.229. The van der Waals surface area contributed by atoms with Crippen LogP contribution in [0.3, 0.4) is 0 Å². The fraction of sp³-hybridized carbons (Fsp3) is 0.182. The van der Waals surface area contributed by atoms with E-state index in [9.17, 15) is 22.7 Å². The van der Waals surface area contributed by atoms with Crippen LogP contribution in [-0.2, 0) is 23.0 Å². The Kier molecular flexibility index (Phi) is 6.75. The topological polar surface area (TPSA) is 132 Å². The van der Waals surface area contributed by atoms with Crippen LogP contribution >= 0.6 is 0 Å². The zero-order chi connectivity index (χ0) is 23.5.